The molecule has 0 aliphatic heterocycles. The first-order valence-electron chi connectivity index (χ1n) is 10.2. The highest BCUT2D eigenvalue weighted by molar-refractivity contribution is 5.62. The van der Waals surface area contributed by atoms with Gasteiger partial charge in [-0.15, -0.1) is 0 Å². The molecule has 0 bridgehead atoms. The predicted octanol–water partition coefficient (Wildman–Crippen LogP) is 3.87. The smallest absolute Gasteiger partial charge is 0.118 e. The Bertz CT molecular complexity index is 435. The lowest BCUT2D eigenvalue weighted by Gasteiger charge is -2.50. The van der Waals surface area contributed by atoms with E-state index in [1.807, 2.05) is 6.21 Å². The summed E-state index contributed by atoms with van der Waals surface area (Å²) in [7, 11) is 0. The van der Waals surface area contributed by atoms with Crippen LogP contribution >= 0.6 is 0 Å². The molecule has 3 rings (SSSR count). The van der Waals surface area contributed by atoms with E-state index >= 15 is 0 Å². The van der Waals surface area contributed by atoms with Gasteiger partial charge in [-0.05, 0) is 56.9 Å². The molecule has 0 radical (unpaired) electrons. The van der Waals surface area contributed by atoms with E-state index < -0.39 is 5.60 Å². The molecule has 4 atom stereocenters. The lowest BCUT2D eigenvalue weighted by atomic mass is 9.57. The Labute approximate surface area is 147 Å². The number of nitrogens with zero attached hydrogens (tertiary/aromatic N) is 1. The minimum Gasteiger partial charge on any atom is -0.396 e. The van der Waals surface area contributed by atoms with E-state index in [-0.39, 0.29) is 5.41 Å². The number of rotatable bonds is 6. The quantitative estimate of drug-likeness (QED) is 0.439. The standard InChI is InChI=1S/C20H36N2O2/c1-19-10-8-17(16-6-3-2-4-7-16)14-20(19,23)11-9-18(19)15-22-24-13-5-12-21/h15-18,23H,2-14,21H2,1H3/b22-15+/t17-,18+,19+,20-/m0/s1. The van der Waals surface area contributed by atoms with Crippen LogP contribution < -0.4 is 5.73 Å². The molecular formula is C20H36N2O2. The second-order valence-electron chi connectivity index (χ2n) is 8.73. The first kappa shape index (κ1) is 18.2. The van der Waals surface area contributed by atoms with E-state index in [0.717, 1.165) is 43.9 Å². The van der Waals surface area contributed by atoms with E-state index in [2.05, 4.69) is 12.1 Å². The Morgan fingerprint density at radius 3 is 2.67 bits per heavy atom. The van der Waals surface area contributed by atoms with Crippen molar-refractivity contribution in [1.82, 2.24) is 0 Å². The highest BCUT2D eigenvalue weighted by atomic mass is 16.6. The van der Waals surface area contributed by atoms with Crippen molar-refractivity contribution in [2.24, 2.45) is 34.1 Å². The lowest BCUT2D eigenvalue weighted by Crippen LogP contribution is -2.51. The topological polar surface area (TPSA) is 67.8 Å². The second kappa shape index (κ2) is 7.74. The molecule has 4 heteroatoms. The molecule has 0 amide bonds. The van der Waals surface area contributed by atoms with E-state index in [1.54, 1.807) is 0 Å². The molecule has 3 saturated carbocycles. The van der Waals surface area contributed by atoms with Crippen molar-refractivity contribution >= 4 is 6.21 Å². The number of fused-ring (bicyclic) bond motifs is 1. The summed E-state index contributed by atoms with van der Waals surface area (Å²) < 4.78 is 0. The van der Waals surface area contributed by atoms with E-state index in [4.69, 9.17) is 10.6 Å². The zero-order valence-electron chi connectivity index (χ0n) is 15.4. The molecule has 3 fully saturated rings. The fourth-order valence-electron chi connectivity index (χ4n) is 5.68. The summed E-state index contributed by atoms with van der Waals surface area (Å²) in [4.78, 5) is 5.32. The van der Waals surface area contributed by atoms with Crippen LogP contribution in [0.25, 0.3) is 0 Å². The summed E-state index contributed by atoms with van der Waals surface area (Å²) in [6.45, 7) is 3.51. The summed E-state index contributed by atoms with van der Waals surface area (Å²) >= 11 is 0. The summed E-state index contributed by atoms with van der Waals surface area (Å²) in [6.07, 6.45) is 15.2. The van der Waals surface area contributed by atoms with Crippen molar-refractivity contribution in [3.63, 3.8) is 0 Å². The molecule has 4 nitrogen and oxygen atoms in total. The largest absolute Gasteiger partial charge is 0.396 e. The maximum absolute atomic E-state index is 11.5. The second-order valence-corrected chi connectivity index (χ2v) is 8.73. The Hall–Kier alpha value is -0.610. The molecule has 0 spiro atoms. The van der Waals surface area contributed by atoms with Gasteiger partial charge in [0.25, 0.3) is 0 Å². The van der Waals surface area contributed by atoms with Crippen molar-refractivity contribution < 1.29 is 9.94 Å². The van der Waals surface area contributed by atoms with Gasteiger partial charge < -0.3 is 15.7 Å². The minimum atomic E-state index is -0.499. The van der Waals surface area contributed by atoms with Gasteiger partial charge in [0.15, 0.2) is 0 Å². The first-order chi connectivity index (χ1) is 11.6. The van der Waals surface area contributed by atoms with Gasteiger partial charge in [0.2, 0.25) is 0 Å². The van der Waals surface area contributed by atoms with Crippen molar-refractivity contribution in [3.8, 4) is 0 Å². The Morgan fingerprint density at radius 1 is 1.12 bits per heavy atom. The molecule has 0 aromatic carbocycles. The third-order valence-electron chi connectivity index (χ3n) is 7.46. The summed E-state index contributed by atoms with van der Waals surface area (Å²) in [6, 6.07) is 0. The van der Waals surface area contributed by atoms with Crippen LogP contribution in [0.15, 0.2) is 5.16 Å². The van der Waals surface area contributed by atoms with Crippen LogP contribution in [-0.2, 0) is 4.84 Å². The van der Waals surface area contributed by atoms with Crippen LogP contribution in [0, 0.1) is 23.2 Å². The van der Waals surface area contributed by atoms with Crippen LogP contribution in [0.2, 0.25) is 0 Å². The van der Waals surface area contributed by atoms with Gasteiger partial charge in [-0.3, -0.25) is 0 Å². The zero-order valence-corrected chi connectivity index (χ0v) is 15.4. The Morgan fingerprint density at radius 2 is 1.92 bits per heavy atom. The van der Waals surface area contributed by atoms with Crippen LogP contribution in [-0.4, -0.2) is 30.1 Å². The van der Waals surface area contributed by atoms with Gasteiger partial charge in [0.05, 0.1) is 5.60 Å². The van der Waals surface area contributed by atoms with E-state index in [0.29, 0.717) is 19.1 Å². The van der Waals surface area contributed by atoms with Gasteiger partial charge in [-0.1, -0.05) is 44.2 Å². The van der Waals surface area contributed by atoms with Crippen molar-refractivity contribution in [2.45, 2.75) is 83.2 Å². The Balaban J connectivity index is 1.60. The first-order valence-corrected chi connectivity index (χ1v) is 10.2. The van der Waals surface area contributed by atoms with Crippen LogP contribution in [0.1, 0.15) is 77.6 Å². The predicted molar refractivity (Wildman–Crippen MR) is 97.8 cm³/mol. The fraction of sp³-hybridized carbons (Fsp3) is 0.950. The van der Waals surface area contributed by atoms with Crippen molar-refractivity contribution in [3.05, 3.63) is 0 Å². The van der Waals surface area contributed by atoms with E-state index in [9.17, 15) is 5.11 Å². The molecule has 3 aliphatic rings. The average molecular weight is 337 g/mol. The number of nitrogens with two attached hydrogens (primary N) is 1. The lowest BCUT2D eigenvalue weighted by molar-refractivity contribution is -0.115. The SMILES string of the molecule is C[C@]12CC[C@H](C3CCCCC3)C[C@@]1(O)CC[C@@H]2/C=N/OCCCN. The molecule has 3 N–H and O–H groups in total. The summed E-state index contributed by atoms with van der Waals surface area (Å²) in [5.74, 6) is 1.94. The number of aliphatic hydroxyl groups is 1. The Kier molecular flexibility index (Phi) is 5.86. The molecule has 24 heavy (non-hydrogen) atoms. The van der Waals surface area contributed by atoms with Gasteiger partial charge in [-0.2, -0.15) is 0 Å². The monoisotopic (exact) mass is 336 g/mol. The minimum absolute atomic E-state index is 0.0289. The summed E-state index contributed by atoms with van der Waals surface area (Å²) in [5, 5.41) is 15.6. The molecule has 138 valence electrons. The number of hydrogen-bond acceptors (Lipinski definition) is 4. The molecule has 0 aromatic heterocycles. The zero-order chi connectivity index (χ0) is 17.0. The molecule has 0 aromatic rings. The number of hydrogen-bond donors (Lipinski definition) is 2. The molecule has 0 heterocycles. The van der Waals surface area contributed by atoms with Gasteiger partial charge >= 0.3 is 0 Å². The van der Waals surface area contributed by atoms with Crippen LogP contribution in [0.3, 0.4) is 0 Å². The molecular weight excluding hydrogens is 300 g/mol. The third-order valence-corrected chi connectivity index (χ3v) is 7.46. The maximum atomic E-state index is 11.5. The molecule has 3 aliphatic carbocycles. The number of oxime groups is 1. The van der Waals surface area contributed by atoms with Gasteiger partial charge in [0.1, 0.15) is 6.61 Å². The van der Waals surface area contributed by atoms with E-state index in [1.165, 1.54) is 38.5 Å². The van der Waals surface area contributed by atoms with Crippen LogP contribution in [0.4, 0.5) is 0 Å². The fourth-order valence-corrected chi connectivity index (χ4v) is 5.68. The van der Waals surface area contributed by atoms with Crippen LogP contribution in [0.5, 0.6) is 0 Å². The normalized spacial score (nSPS) is 40.8. The summed E-state index contributed by atoms with van der Waals surface area (Å²) in [5.41, 5.74) is 4.94. The highest BCUT2D eigenvalue weighted by Gasteiger charge is 2.59. The maximum Gasteiger partial charge on any atom is 0.118 e. The molecule has 0 saturated heterocycles. The third kappa shape index (κ3) is 3.50. The average Bonchev–Trinajstić information content (AvgIpc) is 2.86. The van der Waals surface area contributed by atoms with Gasteiger partial charge in [-0.25, -0.2) is 0 Å². The van der Waals surface area contributed by atoms with Crippen molar-refractivity contribution in [1.29, 1.82) is 0 Å². The molecule has 0 unspecified atom stereocenters. The van der Waals surface area contributed by atoms with Crippen molar-refractivity contribution in [2.75, 3.05) is 13.2 Å². The highest BCUT2D eigenvalue weighted by Crippen LogP contribution is 2.60. The van der Waals surface area contributed by atoms with Gasteiger partial charge in [0, 0.05) is 17.5 Å².